The summed E-state index contributed by atoms with van der Waals surface area (Å²) in [4.78, 5) is 10.9. The topological polar surface area (TPSA) is 156 Å². The zero-order valence-electron chi connectivity index (χ0n) is 10.4. The fourth-order valence-electron chi connectivity index (χ4n) is 1.25. The maximum Gasteiger partial charge on any atom is 0.292 e. The van der Waals surface area contributed by atoms with Gasteiger partial charge in [0.05, 0.1) is 11.8 Å². The Labute approximate surface area is 128 Å². The Morgan fingerprint density at radius 2 is 2.19 bits per heavy atom. The molecule has 0 saturated carbocycles. The number of sulfonamides is 1. The zero-order valence-corrected chi connectivity index (χ0v) is 12.9. The first-order chi connectivity index (χ1) is 9.79. The van der Waals surface area contributed by atoms with Crippen molar-refractivity contribution in [3.05, 3.63) is 11.8 Å². The summed E-state index contributed by atoms with van der Waals surface area (Å²) in [6, 6.07) is 0. The summed E-state index contributed by atoms with van der Waals surface area (Å²) in [6.45, 7) is 1.27. The van der Waals surface area contributed by atoms with Gasteiger partial charge in [0.25, 0.3) is 14.4 Å². The highest BCUT2D eigenvalue weighted by Crippen LogP contribution is 2.23. The number of amides is 1. The number of rotatable bonds is 5. The third-order valence-electron chi connectivity index (χ3n) is 2.06. The van der Waals surface area contributed by atoms with E-state index in [0.29, 0.717) is 11.3 Å². The van der Waals surface area contributed by atoms with E-state index in [4.69, 9.17) is 18.0 Å². The van der Waals surface area contributed by atoms with Crippen LogP contribution in [0.2, 0.25) is 0 Å². The maximum absolute atomic E-state index is 12.1. The van der Waals surface area contributed by atoms with Crippen LogP contribution in [-0.2, 0) is 14.8 Å². The van der Waals surface area contributed by atoms with Crippen molar-refractivity contribution in [1.29, 1.82) is 0 Å². The molecule has 0 saturated heterocycles. The number of carbonyl (C=O) groups is 1. The summed E-state index contributed by atoms with van der Waals surface area (Å²) in [7, 11) is -4.00. The van der Waals surface area contributed by atoms with Gasteiger partial charge >= 0.3 is 0 Å². The average molecular weight is 347 g/mol. The van der Waals surface area contributed by atoms with Crippen LogP contribution in [0.25, 0.3) is 0 Å². The van der Waals surface area contributed by atoms with E-state index in [1.165, 1.54) is 13.1 Å². The number of hydrogen-bond acceptors (Lipinski definition) is 8. The molecule has 112 valence electrons. The number of nitrogens with one attached hydrogen (secondary N) is 3. The minimum absolute atomic E-state index is 0.0161. The van der Waals surface area contributed by atoms with E-state index in [9.17, 15) is 13.2 Å². The quantitative estimate of drug-likeness (QED) is 0.422. The van der Waals surface area contributed by atoms with Crippen molar-refractivity contribution in [3.63, 3.8) is 0 Å². The fraction of sp³-hybridized carbons (Fsp3) is 0.125. The van der Waals surface area contributed by atoms with E-state index in [-0.39, 0.29) is 31.7 Å². The van der Waals surface area contributed by atoms with Crippen LogP contribution in [0, 0.1) is 0 Å². The van der Waals surface area contributed by atoms with Gasteiger partial charge in [-0.25, -0.2) is 0 Å². The fourth-order valence-corrected chi connectivity index (χ4v) is 3.39. The molecule has 2 heterocycles. The summed E-state index contributed by atoms with van der Waals surface area (Å²) in [5.74, 6) is -0.355. The molecule has 10 nitrogen and oxygen atoms in total. The van der Waals surface area contributed by atoms with Crippen LogP contribution in [0.1, 0.15) is 12.5 Å². The molecule has 0 bridgehead atoms. The third-order valence-corrected chi connectivity index (χ3v) is 4.84. The normalized spacial score (nSPS) is 11.1. The molecule has 0 aliphatic rings. The number of H-pyrrole nitrogens is 1. The van der Waals surface area contributed by atoms with Crippen LogP contribution < -0.4 is 15.8 Å². The van der Waals surface area contributed by atoms with E-state index in [2.05, 4.69) is 30.4 Å². The number of anilines is 2. The summed E-state index contributed by atoms with van der Waals surface area (Å²) in [5, 5.41) is 15.5. The predicted molar refractivity (Wildman–Crippen MR) is 79.5 cm³/mol. The van der Waals surface area contributed by atoms with E-state index in [0.717, 1.165) is 0 Å². The molecule has 5 N–H and O–H groups in total. The first-order valence-electron chi connectivity index (χ1n) is 5.26. The zero-order chi connectivity index (χ0) is 15.6. The molecule has 0 aromatic carbocycles. The highest BCUT2D eigenvalue weighted by molar-refractivity contribution is 7.94. The van der Waals surface area contributed by atoms with Crippen molar-refractivity contribution in [1.82, 2.24) is 20.4 Å². The number of aromatic nitrogens is 4. The lowest BCUT2D eigenvalue weighted by Crippen LogP contribution is -2.17. The van der Waals surface area contributed by atoms with Gasteiger partial charge in [-0.1, -0.05) is 23.6 Å². The van der Waals surface area contributed by atoms with Crippen LogP contribution in [0.4, 0.5) is 10.9 Å². The van der Waals surface area contributed by atoms with Gasteiger partial charge in [-0.2, -0.15) is 13.5 Å². The summed E-state index contributed by atoms with van der Waals surface area (Å²) < 4.78 is 26.1. The number of nitrogens with zero attached hydrogens (tertiary/aromatic N) is 3. The van der Waals surface area contributed by atoms with Crippen LogP contribution in [-0.4, -0.2) is 39.7 Å². The van der Waals surface area contributed by atoms with Crippen LogP contribution in [0.15, 0.2) is 10.5 Å². The molecule has 2 aromatic heterocycles. The Morgan fingerprint density at radius 3 is 2.81 bits per heavy atom. The van der Waals surface area contributed by atoms with Gasteiger partial charge < -0.3 is 11.1 Å². The molecule has 0 spiro atoms. The second-order valence-electron chi connectivity index (χ2n) is 3.68. The standard InChI is InChI=1S/C8H9N7O3S3/c1-3(16)11-7-13-14-8(20-7)21(17,18)15-6-4(5(9)19)2-10-12-6/h2H,1H3,(H2,9,19)(H2,10,12,15)(H,11,13,16). The van der Waals surface area contributed by atoms with Gasteiger partial charge in [0.2, 0.25) is 11.0 Å². The Kier molecular flexibility index (Phi) is 4.15. The van der Waals surface area contributed by atoms with E-state index in [1.807, 2.05) is 0 Å². The lowest BCUT2D eigenvalue weighted by Gasteiger charge is -2.04. The van der Waals surface area contributed by atoms with Crippen molar-refractivity contribution >= 4 is 55.4 Å². The molecule has 0 aliphatic carbocycles. The average Bonchev–Trinajstić information content (AvgIpc) is 2.96. The minimum atomic E-state index is -4.00. The van der Waals surface area contributed by atoms with Gasteiger partial charge in [0.1, 0.15) is 10.8 Å². The number of carbonyl (C=O) groups excluding carboxylic acids is 1. The van der Waals surface area contributed by atoms with Crippen molar-refractivity contribution < 1.29 is 13.2 Å². The van der Waals surface area contributed by atoms with Gasteiger partial charge in [0.15, 0.2) is 0 Å². The Morgan fingerprint density at radius 1 is 1.48 bits per heavy atom. The van der Waals surface area contributed by atoms with Crippen molar-refractivity contribution in [2.45, 2.75) is 11.3 Å². The molecule has 0 unspecified atom stereocenters. The van der Waals surface area contributed by atoms with Gasteiger partial charge in [-0.3, -0.25) is 14.6 Å². The summed E-state index contributed by atoms with van der Waals surface area (Å²) >= 11 is 5.47. The molecule has 1 amide bonds. The van der Waals surface area contributed by atoms with Crippen LogP contribution in [0.5, 0.6) is 0 Å². The number of thiocarbonyl (C=S) groups is 1. The SMILES string of the molecule is CC(=O)Nc1nnc(S(=O)(=O)Nc2[nH]ncc2C(N)=S)s1. The number of aromatic amines is 1. The first kappa shape index (κ1) is 15.3. The number of nitrogens with two attached hydrogens (primary N) is 1. The predicted octanol–water partition coefficient (Wildman–Crippen LogP) is -0.345. The molecule has 2 rings (SSSR count). The monoisotopic (exact) mass is 347 g/mol. The van der Waals surface area contributed by atoms with E-state index >= 15 is 0 Å². The molecule has 0 atom stereocenters. The van der Waals surface area contributed by atoms with Crippen molar-refractivity contribution in [2.24, 2.45) is 5.73 Å². The van der Waals surface area contributed by atoms with E-state index in [1.54, 1.807) is 0 Å². The molecule has 0 aliphatic heterocycles. The van der Waals surface area contributed by atoms with Crippen molar-refractivity contribution in [3.8, 4) is 0 Å². The summed E-state index contributed by atoms with van der Waals surface area (Å²) in [6.07, 6.45) is 1.29. The number of hydrogen-bond donors (Lipinski definition) is 4. The Balaban J connectivity index is 2.26. The van der Waals surface area contributed by atoms with Gasteiger partial charge in [0, 0.05) is 6.92 Å². The smallest absolute Gasteiger partial charge is 0.292 e. The third kappa shape index (κ3) is 3.50. The molecule has 2 aromatic rings. The van der Waals surface area contributed by atoms with Crippen LogP contribution in [0.3, 0.4) is 0 Å². The highest BCUT2D eigenvalue weighted by Gasteiger charge is 2.23. The highest BCUT2D eigenvalue weighted by atomic mass is 32.2. The van der Waals surface area contributed by atoms with Gasteiger partial charge in [-0.05, 0) is 0 Å². The molecule has 0 fully saturated rings. The molecule has 21 heavy (non-hydrogen) atoms. The van der Waals surface area contributed by atoms with Gasteiger partial charge in [-0.15, -0.1) is 10.2 Å². The molecule has 13 heteroatoms. The van der Waals surface area contributed by atoms with E-state index < -0.39 is 10.0 Å². The molecular weight excluding hydrogens is 338 g/mol. The first-order valence-corrected chi connectivity index (χ1v) is 7.97. The van der Waals surface area contributed by atoms with Crippen LogP contribution >= 0.6 is 23.6 Å². The largest absolute Gasteiger partial charge is 0.389 e. The Hall–Kier alpha value is -2.12. The molecular formula is C8H9N7O3S3. The molecule has 0 radical (unpaired) electrons. The Bertz CT molecular complexity index is 794. The minimum Gasteiger partial charge on any atom is -0.389 e. The summed E-state index contributed by atoms with van der Waals surface area (Å²) in [5.41, 5.74) is 5.69. The lowest BCUT2D eigenvalue weighted by atomic mass is 10.3. The van der Waals surface area contributed by atoms with Crippen molar-refractivity contribution in [2.75, 3.05) is 10.0 Å². The second-order valence-corrected chi connectivity index (χ2v) is 6.96. The second kappa shape index (κ2) is 5.71. The maximum atomic E-state index is 12.1. The lowest BCUT2D eigenvalue weighted by molar-refractivity contribution is -0.114.